The van der Waals surface area contributed by atoms with Crippen LogP contribution in [0.1, 0.15) is 19.8 Å². The summed E-state index contributed by atoms with van der Waals surface area (Å²) in [4.78, 5) is 34.9. The first-order valence-electron chi connectivity index (χ1n) is 11.6. The third-order valence-corrected chi connectivity index (χ3v) is 5.64. The number of hydrogen-bond donors (Lipinski definition) is 2. The second kappa shape index (κ2) is 13.6. The van der Waals surface area contributed by atoms with Gasteiger partial charge in [0.25, 0.3) is 0 Å². The number of likely N-dealkylation sites (N-methyl/N-ethyl adjacent to an activating group) is 1. The second-order valence-corrected chi connectivity index (χ2v) is 9.01. The predicted molar refractivity (Wildman–Crippen MR) is 145 cm³/mol. The van der Waals surface area contributed by atoms with Crippen LogP contribution in [0.4, 0.5) is 17.2 Å². The molecule has 0 radical (unpaired) electrons. The van der Waals surface area contributed by atoms with E-state index < -0.39 is 0 Å². The van der Waals surface area contributed by atoms with Gasteiger partial charge in [0.2, 0.25) is 5.91 Å². The van der Waals surface area contributed by atoms with Crippen molar-refractivity contribution in [3.05, 3.63) is 59.4 Å². The first kappa shape index (κ1) is 27.1. The molecule has 0 spiro atoms. The molecule has 0 aliphatic heterocycles. The number of rotatable bonds is 12. The Balaban J connectivity index is 1.68. The SMILES string of the molecule is CCCCOC(=O)CN(C)CC=CC(=O)Nc1cc2c(Nc3cccc(Br)c3)ncnc2cc1OC. The summed E-state index contributed by atoms with van der Waals surface area (Å²) in [5.41, 5.74) is 2.01. The van der Waals surface area contributed by atoms with Crippen LogP contribution in [-0.2, 0) is 14.3 Å². The molecule has 190 valence electrons. The highest BCUT2D eigenvalue weighted by molar-refractivity contribution is 9.10. The molecule has 0 saturated heterocycles. The summed E-state index contributed by atoms with van der Waals surface area (Å²) in [6.45, 7) is 3.04. The quantitative estimate of drug-likeness (QED) is 0.184. The lowest BCUT2D eigenvalue weighted by Crippen LogP contribution is -2.27. The minimum absolute atomic E-state index is 0.155. The van der Waals surface area contributed by atoms with Gasteiger partial charge in [0, 0.05) is 34.2 Å². The minimum Gasteiger partial charge on any atom is -0.494 e. The van der Waals surface area contributed by atoms with Gasteiger partial charge in [-0.05, 0) is 37.7 Å². The number of esters is 1. The Morgan fingerprint density at radius 1 is 1.19 bits per heavy atom. The molecule has 0 saturated carbocycles. The molecule has 9 nitrogen and oxygen atoms in total. The first-order chi connectivity index (χ1) is 17.4. The first-order valence-corrected chi connectivity index (χ1v) is 12.4. The number of hydrogen-bond acceptors (Lipinski definition) is 8. The maximum Gasteiger partial charge on any atom is 0.320 e. The number of anilines is 3. The van der Waals surface area contributed by atoms with E-state index in [-0.39, 0.29) is 18.4 Å². The van der Waals surface area contributed by atoms with E-state index in [1.807, 2.05) is 31.2 Å². The molecule has 3 rings (SSSR count). The Bertz CT molecular complexity index is 1230. The van der Waals surface area contributed by atoms with Gasteiger partial charge in [-0.3, -0.25) is 14.5 Å². The summed E-state index contributed by atoms with van der Waals surface area (Å²) in [7, 11) is 3.32. The molecular weight excluding hydrogens is 526 g/mol. The topological polar surface area (TPSA) is 106 Å². The lowest BCUT2D eigenvalue weighted by atomic mass is 10.2. The van der Waals surface area contributed by atoms with E-state index in [0.29, 0.717) is 35.9 Å². The average molecular weight is 556 g/mol. The van der Waals surface area contributed by atoms with Crippen LogP contribution in [0.5, 0.6) is 5.75 Å². The van der Waals surface area contributed by atoms with Crippen LogP contribution >= 0.6 is 15.9 Å². The number of ether oxygens (including phenoxy) is 2. The fourth-order valence-corrected chi connectivity index (χ4v) is 3.73. The molecule has 1 aromatic heterocycles. The number of unbranched alkanes of at least 4 members (excludes halogenated alkanes) is 1. The average Bonchev–Trinajstić information content (AvgIpc) is 2.84. The van der Waals surface area contributed by atoms with E-state index in [0.717, 1.165) is 28.4 Å². The number of carbonyl (C=O) groups excluding carboxylic acids is 2. The number of fused-ring (bicyclic) bond motifs is 1. The highest BCUT2D eigenvalue weighted by Gasteiger charge is 2.13. The van der Waals surface area contributed by atoms with Gasteiger partial charge in [-0.25, -0.2) is 9.97 Å². The van der Waals surface area contributed by atoms with Crippen LogP contribution in [0.15, 0.2) is 59.4 Å². The van der Waals surface area contributed by atoms with Crippen molar-refractivity contribution >= 4 is 55.9 Å². The van der Waals surface area contributed by atoms with Gasteiger partial charge in [-0.2, -0.15) is 0 Å². The van der Waals surface area contributed by atoms with Gasteiger partial charge >= 0.3 is 5.97 Å². The van der Waals surface area contributed by atoms with Crippen LogP contribution in [0.2, 0.25) is 0 Å². The number of nitrogens with one attached hydrogen (secondary N) is 2. The van der Waals surface area contributed by atoms with Crippen molar-refractivity contribution in [2.24, 2.45) is 0 Å². The molecule has 0 unspecified atom stereocenters. The zero-order valence-electron chi connectivity index (χ0n) is 20.6. The Labute approximate surface area is 219 Å². The largest absolute Gasteiger partial charge is 0.494 e. The molecular formula is C26H30BrN5O4. The third kappa shape index (κ3) is 8.03. The van der Waals surface area contributed by atoms with Gasteiger partial charge in [-0.1, -0.05) is 41.4 Å². The van der Waals surface area contributed by atoms with E-state index in [1.165, 1.54) is 19.5 Å². The number of aromatic nitrogens is 2. The molecule has 2 N–H and O–H groups in total. The third-order valence-electron chi connectivity index (χ3n) is 5.15. The molecule has 3 aromatic rings. The van der Waals surface area contributed by atoms with Crippen LogP contribution in [0.25, 0.3) is 10.9 Å². The van der Waals surface area contributed by atoms with Crippen molar-refractivity contribution in [1.82, 2.24) is 14.9 Å². The van der Waals surface area contributed by atoms with Gasteiger partial charge in [0.1, 0.15) is 17.9 Å². The maximum absolute atomic E-state index is 12.6. The molecule has 0 bridgehead atoms. The highest BCUT2D eigenvalue weighted by Crippen LogP contribution is 2.33. The second-order valence-electron chi connectivity index (χ2n) is 8.09. The summed E-state index contributed by atoms with van der Waals surface area (Å²) < 4.78 is 11.6. The van der Waals surface area contributed by atoms with Gasteiger partial charge in [-0.15, -0.1) is 0 Å². The zero-order chi connectivity index (χ0) is 25.9. The predicted octanol–water partition coefficient (Wildman–Crippen LogP) is 4.91. The molecule has 1 heterocycles. The Morgan fingerprint density at radius 2 is 2.03 bits per heavy atom. The van der Waals surface area contributed by atoms with Crippen molar-refractivity contribution in [2.75, 3.05) is 44.5 Å². The minimum atomic E-state index is -0.329. The summed E-state index contributed by atoms with van der Waals surface area (Å²) in [5, 5.41) is 6.86. The molecule has 1 amide bonds. The molecule has 0 atom stereocenters. The monoisotopic (exact) mass is 555 g/mol. The smallest absolute Gasteiger partial charge is 0.320 e. The summed E-state index contributed by atoms with van der Waals surface area (Å²) >= 11 is 3.47. The molecule has 0 fully saturated rings. The fourth-order valence-electron chi connectivity index (χ4n) is 3.33. The number of carbonyl (C=O) groups is 2. The van der Waals surface area contributed by atoms with Crippen LogP contribution in [-0.4, -0.2) is 60.6 Å². The normalized spacial score (nSPS) is 11.1. The van der Waals surface area contributed by atoms with E-state index in [9.17, 15) is 9.59 Å². The number of amides is 1. The van der Waals surface area contributed by atoms with Crippen LogP contribution < -0.4 is 15.4 Å². The van der Waals surface area contributed by atoms with Gasteiger partial charge in [0.05, 0.1) is 31.5 Å². The van der Waals surface area contributed by atoms with Gasteiger partial charge in [0.15, 0.2) is 0 Å². The molecule has 10 heteroatoms. The van der Waals surface area contributed by atoms with E-state index in [4.69, 9.17) is 9.47 Å². The Kier molecular flexibility index (Phi) is 10.2. The number of nitrogens with zero attached hydrogens (tertiary/aromatic N) is 3. The maximum atomic E-state index is 12.6. The van der Waals surface area contributed by atoms with Crippen molar-refractivity contribution in [1.29, 1.82) is 0 Å². The van der Waals surface area contributed by atoms with Crippen LogP contribution in [0.3, 0.4) is 0 Å². The van der Waals surface area contributed by atoms with Crippen molar-refractivity contribution in [3.63, 3.8) is 0 Å². The summed E-state index contributed by atoms with van der Waals surface area (Å²) in [6, 6.07) is 11.2. The summed E-state index contributed by atoms with van der Waals surface area (Å²) in [6.07, 6.45) is 6.40. The van der Waals surface area contributed by atoms with Gasteiger partial charge < -0.3 is 20.1 Å². The Morgan fingerprint density at radius 3 is 2.78 bits per heavy atom. The lowest BCUT2D eigenvalue weighted by molar-refractivity contribution is -0.144. The van der Waals surface area contributed by atoms with E-state index in [2.05, 4.69) is 36.5 Å². The Hall–Kier alpha value is -3.50. The van der Waals surface area contributed by atoms with Crippen LogP contribution in [0, 0.1) is 0 Å². The lowest BCUT2D eigenvalue weighted by Gasteiger charge is -2.14. The van der Waals surface area contributed by atoms with Crippen molar-refractivity contribution in [3.8, 4) is 5.75 Å². The number of halogens is 1. The molecule has 2 aromatic carbocycles. The summed E-state index contributed by atoms with van der Waals surface area (Å²) in [5.74, 6) is 0.464. The highest BCUT2D eigenvalue weighted by atomic mass is 79.9. The van der Waals surface area contributed by atoms with E-state index in [1.54, 1.807) is 30.2 Å². The molecule has 0 aliphatic rings. The molecule has 0 aliphatic carbocycles. The zero-order valence-corrected chi connectivity index (χ0v) is 22.2. The standard InChI is InChI=1S/C26H30BrN5O4/c1-4-5-12-36-25(34)16-32(2)11-7-10-24(33)31-22-14-20-21(15-23(22)35-3)28-17-29-26(20)30-19-9-6-8-18(27)13-19/h6-10,13-15,17H,4-5,11-12,16H2,1-3H3,(H,31,33)(H,28,29,30). The van der Waals surface area contributed by atoms with E-state index >= 15 is 0 Å². The molecule has 36 heavy (non-hydrogen) atoms. The number of benzene rings is 2. The van der Waals surface area contributed by atoms with Crippen molar-refractivity contribution < 1.29 is 19.1 Å². The number of methoxy groups -OCH3 is 1. The fraction of sp³-hybridized carbons (Fsp3) is 0.308. The van der Waals surface area contributed by atoms with Crippen molar-refractivity contribution in [2.45, 2.75) is 19.8 Å².